The zero-order valence-corrected chi connectivity index (χ0v) is 12.8. The van der Waals surface area contributed by atoms with Crippen molar-refractivity contribution in [2.75, 3.05) is 32.5 Å². The molecule has 0 unspecified atom stereocenters. The molecule has 94 valence electrons. The maximum atomic E-state index is 5.65. The summed E-state index contributed by atoms with van der Waals surface area (Å²) in [5.74, 6) is 0.935. The van der Waals surface area contributed by atoms with E-state index in [9.17, 15) is 0 Å². The van der Waals surface area contributed by atoms with E-state index in [4.69, 9.17) is 4.74 Å². The summed E-state index contributed by atoms with van der Waals surface area (Å²) in [5.41, 5.74) is 0. The largest absolute Gasteiger partial charge is 1.00 e. The fourth-order valence-electron chi connectivity index (χ4n) is 1.65. The standard InChI is InChI=1S/C12H16N2OS.HI/c1-16-12-13-7-8-14(12)9-10-15-11-5-3-2-4-6-11;/h2-6H,7-10H2,1H3;1H/p-1. The zero-order chi connectivity index (χ0) is 11.2. The lowest BCUT2D eigenvalue weighted by Gasteiger charge is -2.18. The van der Waals surface area contributed by atoms with Crippen LogP contribution in [0.3, 0.4) is 0 Å². The first-order valence-corrected chi connectivity index (χ1v) is 6.64. The quantitative estimate of drug-likeness (QED) is 0.649. The molecule has 0 radical (unpaired) electrons. The first-order chi connectivity index (χ1) is 7.90. The molecule has 0 spiro atoms. The number of benzene rings is 1. The maximum absolute atomic E-state index is 5.65. The van der Waals surface area contributed by atoms with Crippen molar-refractivity contribution in [3.8, 4) is 5.75 Å². The van der Waals surface area contributed by atoms with Gasteiger partial charge in [-0.05, 0) is 18.4 Å². The minimum absolute atomic E-state index is 0. The summed E-state index contributed by atoms with van der Waals surface area (Å²) in [5, 5.41) is 1.14. The highest BCUT2D eigenvalue weighted by molar-refractivity contribution is 8.13. The van der Waals surface area contributed by atoms with Crippen molar-refractivity contribution in [3.63, 3.8) is 0 Å². The highest BCUT2D eigenvalue weighted by atomic mass is 127. The molecule has 1 aliphatic heterocycles. The van der Waals surface area contributed by atoms with Crippen LogP contribution in [0.1, 0.15) is 0 Å². The van der Waals surface area contributed by atoms with Crippen LogP contribution in [0.4, 0.5) is 0 Å². The lowest BCUT2D eigenvalue weighted by molar-refractivity contribution is -0.00000370. The molecule has 2 rings (SSSR count). The number of ether oxygens (including phenoxy) is 1. The fourth-order valence-corrected chi connectivity index (χ4v) is 2.31. The Balaban J connectivity index is 0.00000144. The number of hydrogen-bond acceptors (Lipinski definition) is 4. The number of hydrogen-bond donors (Lipinski definition) is 0. The number of thioether (sulfide) groups is 1. The molecule has 0 saturated carbocycles. The van der Waals surface area contributed by atoms with E-state index in [1.54, 1.807) is 11.8 Å². The molecule has 0 aromatic heterocycles. The monoisotopic (exact) mass is 363 g/mol. The van der Waals surface area contributed by atoms with Gasteiger partial charge in [-0.2, -0.15) is 0 Å². The first kappa shape index (κ1) is 14.6. The Bertz CT molecular complexity index is 359. The second-order valence-corrected chi connectivity index (χ2v) is 4.29. The molecule has 17 heavy (non-hydrogen) atoms. The summed E-state index contributed by atoms with van der Waals surface area (Å²) >= 11 is 1.71. The summed E-state index contributed by atoms with van der Waals surface area (Å²) < 4.78 is 5.65. The summed E-state index contributed by atoms with van der Waals surface area (Å²) in [6.45, 7) is 3.56. The number of rotatable bonds is 4. The molecule has 0 amide bonds. The lowest BCUT2D eigenvalue weighted by atomic mass is 10.3. The molecule has 0 aliphatic carbocycles. The Labute approximate surface area is 124 Å². The summed E-state index contributed by atoms with van der Waals surface area (Å²) in [7, 11) is 0. The third-order valence-electron chi connectivity index (χ3n) is 2.44. The molecule has 1 heterocycles. The fraction of sp³-hybridized carbons (Fsp3) is 0.417. The smallest absolute Gasteiger partial charge is 0.159 e. The Morgan fingerprint density at radius 3 is 2.82 bits per heavy atom. The molecule has 0 bridgehead atoms. The highest BCUT2D eigenvalue weighted by Crippen LogP contribution is 2.12. The van der Waals surface area contributed by atoms with Gasteiger partial charge in [0.05, 0.1) is 13.1 Å². The Kier molecular flexibility index (Phi) is 6.72. The molecule has 0 atom stereocenters. The van der Waals surface area contributed by atoms with Gasteiger partial charge in [-0.25, -0.2) is 0 Å². The number of aliphatic imine (C=N–C) groups is 1. The SMILES string of the molecule is CSC1=NCCN1CCOc1ccccc1.[I-]. The van der Waals surface area contributed by atoms with E-state index in [1.165, 1.54) is 0 Å². The van der Waals surface area contributed by atoms with Crippen molar-refractivity contribution in [3.05, 3.63) is 30.3 Å². The van der Waals surface area contributed by atoms with E-state index in [0.29, 0.717) is 6.61 Å². The molecule has 0 N–H and O–H groups in total. The molecule has 3 nitrogen and oxygen atoms in total. The summed E-state index contributed by atoms with van der Waals surface area (Å²) in [6, 6.07) is 9.92. The van der Waals surface area contributed by atoms with Crippen molar-refractivity contribution < 1.29 is 28.7 Å². The third-order valence-corrected chi connectivity index (χ3v) is 3.20. The van der Waals surface area contributed by atoms with Gasteiger partial charge in [0.25, 0.3) is 0 Å². The van der Waals surface area contributed by atoms with Crippen LogP contribution < -0.4 is 28.7 Å². The number of amidine groups is 1. The third kappa shape index (κ3) is 4.39. The molecule has 1 aliphatic rings. The van der Waals surface area contributed by atoms with Gasteiger partial charge in [-0.1, -0.05) is 30.0 Å². The van der Waals surface area contributed by atoms with Gasteiger partial charge in [-0.3, -0.25) is 4.99 Å². The van der Waals surface area contributed by atoms with Gasteiger partial charge < -0.3 is 33.6 Å². The molecule has 5 heteroatoms. The van der Waals surface area contributed by atoms with Crippen LogP contribution in [0.25, 0.3) is 0 Å². The number of nitrogens with zero attached hydrogens (tertiary/aromatic N) is 2. The minimum atomic E-state index is 0. The Morgan fingerprint density at radius 2 is 2.12 bits per heavy atom. The van der Waals surface area contributed by atoms with E-state index in [2.05, 4.69) is 16.1 Å². The highest BCUT2D eigenvalue weighted by Gasteiger charge is 2.14. The summed E-state index contributed by atoms with van der Waals surface area (Å²) in [4.78, 5) is 6.68. The van der Waals surface area contributed by atoms with E-state index in [0.717, 1.165) is 30.6 Å². The minimum Gasteiger partial charge on any atom is -1.00 e. The average molecular weight is 363 g/mol. The lowest BCUT2D eigenvalue weighted by Crippen LogP contribution is -3.00. The predicted octanol–water partition coefficient (Wildman–Crippen LogP) is -0.896. The molecular weight excluding hydrogens is 347 g/mol. The molecule has 1 aromatic carbocycles. The predicted molar refractivity (Wildman–Crippen MR) is 69.3 cm³/mol. The zero-order valence-electron chi connectivity index (χ0n) is 9.80. The molecule has 1 aromatic rings. The normalized spacial score (nSPS) is 14.2. The van der Waals surface area contributed by atoms with Crippen LogP contribution in [0, 0.1) is 0 Å². The molecule has 0 fully saturated rings. The molecular formula is C12H16IN2OS-. The second-order valence-electron chi connectivity index (χ2n) is 3.52. The van der Waals surface area contributed by atoms with Crippen LogP contribution in [0.2, 0.25) is 0 Å². The Hall–Kier alpha value is -0.430. The van der Waals surface area contributed by atoms with Gasteiger partial charge in [0.1, 0.15) is 12.4 Å². The second kappa shape index (κ2) is 7.81. The van der Waals surface area contributed by atoms with Gasteiger partial charge in [-0.15, -0.1) is 0 Å². The van der Waals surface area contributed by atoms with Crippen molar-refractivity contribution in [1.29, 1.82) is 0 Å². The maximum Gasteiger partial charge on any atom is 0.159 e. The van der Waals surface area contributed by atoms with Crippen molar-refractivity contribution in [1.82, 2.24) is 4.90 Å². The summed E-state index contributed by atoms with van der Waals surface area (Å²) in [6.07, 6.45) is 2.06. The molecule has 0 saturated heterocycles. The van der Waals surface area contributed by atoms with E-state index in [1.807, 2.05) is 30.3 Å². The Morgan fingerprint density at radius 1 is 1.35 bits per heavy atom. The van der Waals surface area contributed by atoms with Crippen LogP contribution >= 0.6 is 11.8 Å². The topological polar surface area (TPSA) is 24.8 Å². The van der Waals surface area contributed by atoms with Crippen LogP contribution in [0.15, 0.2) is 35.3 Å². The van der Waals surface area contributed by atoms with Crippen LogP contribution in [0.5, 0.6) is 5.75 Å². The van der Waals surface area contributed by atoms with Gasteiger partial charge in [0.2, 0.25) is 0 Å². The van der Waals surface area contributed by atoms with E-state index < -0.39 is 0 Å². The number of para-hydroxylation sites is 1. The number of halogens is 1. The average Bonchev–Trinajstić information content (AvgIpc) is 2.78. The van der Waals surface area contributed by atoms with Crippen LogP contribution in [-0.4, -0.2) is 42.6 Å². The van der Waals surface area contributed by atoms with Crippen molar-refractivity contribution >= 4 is 16.9 Å². The van der Waals surface area contributed by atoms with E-state index >= 15 is 0 Å². The van der Waals surface area contributed by atoms with Crippen molar-refractivity contribution in [2.45, 2.75) is 0 Å². The van der Waals surface area contributed by atoms with Crippen molar-refractivity contribution in [2.24, 2.45) is 4.99 Å². The first-order valence-electron chi connectivity index (χ1n) is 5.41. The van der Waals surface area contributed by atoms with Crippen LogP contribution in [-0.2, 0) is 0 Å². The van der Waals surface area contributed by atoms with Gasteiger partial charge in [0, 0.05) is 6.54 Å². The van der Waals surface area contributed by atoms with Gasteiger partial charge >= 0.3 is 0 Å². The van der Waals surface area contributed by atoms with Gasteiger partial charge in [0.15, 0.2) is 5.17 Å². The van der Waals surface area contributed by atoms with E-state index in [-0.39, 0.29) is 24.0 Å².